The fourth-order valence-corrected chi connectivity index (χ4v) is 3.07. The Kier molecular flexibility index (Phi) is 8.79. The third kappa shape index (κ3) is 5.62. The Bertz CT molecular complexity index is 1170. The number of carboxylic acids is 1. The summed E-state index contributed by atoms with van der Waals surface area (Å²) in [5.41, 5.74) is -0.0248. The second-order valence-electron chi connectivity index (χ2n) is 5.30. The van der Waals surface area contributed by atoms with Gasteiger partial charge in [0.1, 0.15) is 10.1 Å². The molecular weight excluding hydrogens is 406 g/mol. The molecule has 0 saturated heterocycles. The number of carbonyl (C=O) groups is 1. The van der Waals surface area contributed by atoms with Crippen molar-refractivity contribution in [2.45, 2.75) is 4.90 Å². The number of carboxylic acid groups (broad SMARTS) is 1. The zero-order valence-corrected chi connectivity index (χ0v) is 19.8. The molecule has 8 nitrogen and oxygen atoms in total. The average molecular weight is 416 g/mol. The summed E-state index contributed by atoms with van der Waals surface area (Å²) >= 11 is 0. The van der Waals surface area contributed by atoms with Gasteiger partial charge in [0.25, 0.3) is 0 Å². The molecule has 0 saturated carbocycles. The van der Waals surface area contributed by atoms with Crippen molar-refractivity contribution >= 4 is 38.2 Å². The molecule has 3 rings (SSSR count). The molecule has 0 aromatic heterocycles. The number of rotatable bonds is 4. The zero-order chi connectivity index (χ0) is 18.9. The van der Waals surface area contributed by atoms with Gasteiger partial charge in [-0.05, 0) is 35.7 Å². The van der Waals surface area contributed by atoms with Gasteiger partial charge in [-0.25, -0.2) is 13.2 Å². The fraction of sp³-hybridized carbons (Fsp3) is 0. The number of azo groups is 1. The van der Waals surface area contributed by atoms with Crippen LogP contribution in [0.3, 0.4) is 0 Å². The average Bonchev–Trinajstić information content (AvgIpc) is 2.59. The van der Waals surface area contributed by atoms with Crippen LogP contribution in [0.15, 0.2) is 69.7 Å². The largest absolute Gasteiger partial charge is 1.00 e. The van der Waals surface area contributed by atoms with E-state index in [0.717, 1.165) is 12.1 Å². The van der Waals surface area contributed by atoms with E-state index in [1.165, 1.54) is 24.3 Å². The van der Waals surface area contributed by atoms with Gasteiger partial charge in [0.05, 0.1) is 21.8 Å². The van der Waals surface area contributed by atoms with Crippen molar-refractivity contribution in [1.82, 2.24) is 0 Å². The SMILES string of the molecule is O=C(O)c1cc(N=Nc2ccc3cccc(S(=O)(=O)[O-])c3c2)ccc1[O-].[Na+].[Na+]. The Morgan fingerprint density at radius 3 is 2.14 bits per heavy atom. The quantitative estimate of drug-likeness (QED) is 0.272. The predicted molar refractivity (Wildman–Crippen MR) is 88.9 cm³/mol. The second kappa shape index (κ2) is 9.95. The summed E-state index contributed by atoms with van der Waals surface area (Å²) in [6, 6.07) is 12.3. The topological polar surface area (TPSA) is 142 Å². The predicted octanol–water partition coefficient (Wildman–Crippen LogP) is -3.06. The maximum atomic E-state index is 11.4. The molecule has 0 heterocycles. The van der Waals surface area contributed by atoms with Gasteiger partial charge in [0, 0.05) is 5.39 Å². The zero-order valence-electron chi connectivity index (χ0n) is 15.0. The smallest absolute Gasteiger partial charge is 0.872 e. The molecule has 0 radical (unpaired) electrons. The van der Waals surface area contributed by atoms with Crippen LogP contribution in [0.25, 0.3) is 10.8 Å². The maximum Gasteiger partial charge on any atom is 1.00 e. The molecule has 0 spiro atoms. The summed E-state index contributed by atoms with van der Waals surface area (Å²) in [5.74, 6) is -2.02. The van der Waals surface area contributed by atoms with Crippen LogP contribution in [0.4, 0.5) is 11.4 Å². The first-order valence-electron chi connectivity index (χ1n) is 7.20. The van der Waals surface area contributed by atoms with Crippen LogP contribution < -0.4 is 64.2 Å². The minimum Gasteiger partial charge on any atom is -0.872 e. The van der Waals surface area contributed by atoms with Crippen molar-refractivity contribution in [1.29, 1.82) is 0 Å². The van der Waals surface area contributed by atoms with Crippen LogP contribution in [0, 0.1) is 0 Å². The van der Waals surface area contributed by atoms with E-state index in [4.69, 9.17) is 5.11 Å². The minimum absolute atomic E-state index is 0. The number of fused-ring (bicyclic) bond motifs is 1. The number of aromatic carboxylic acids is 1. The summed E-state index contributed by atoms with van der Waals surface area (Å²) in [6.07, 6.45) is 0. The van der Waals surface area contributed by atoms with Crippen molar-refractivity contribution in [2.75, 3.05) is 0 Å². The van der Waals surface area contributed by atoms with Gasteiger partial charge in [-0.1, -0.05) is 30.0 Å². The molecule has 0 aliphatic carbocycles. The Balaban J connectivity index is 0.00000196. The van der Waals surface area contributed by atoms with E-state index in [2.05, 4.69) is 10.2 Å². The Morgan fingerprint density at radius 2 is 1.54 bits per heavy atom. The van der Waals surface area contributed by atoms with Crippen LogP contribution >= 0.6 is 0 Å². The van der Waals surface area contributed by atoms with Crippen molar-refractivity contribution in [2.24, 2.45) is 10.2 Å². The Morgan fingerprint density at radius 1 is 0.929 bits per heavy atom. The minimum atomic E-state index is -4.66. The van der Waals surface area contributed by atoms with Crippen LogP contribution in [0.5, 0.6) is 5.75 Å². The van der Waals surface area contributed by atoms with E-state index in [1.807, 2.05) is 0 Å². The van der Waals surface area contributed by atoms with E-state index < -0.39 is 27.4 Å². The van der Waals surface area contributed by atoms with E-state index in [1.54, 1.807) is 18.2 Å². The Labute approximate surface area is 204 Å². The van der Waals surface area contributed by atoms with Crippen LogP contribution in [0.1, 0.15) is 10.4 Å². The molecule has 0 aliphatic heterocycles. The third-order valence-corrected chi connectivity index (χ3v) is 4.46. The summed E-state index contributed by atoms with van der Waals surface area (Å²) < 4.78 is 34.1. The van der Waals surface area contributed by atoms with E-state index in [0.29, 0.717) is 5.39 Å². The summed E-state index contributed by atoms with van der Waals surface area (Å²) in [4.78, 5) is 10.6. The maximum absolute atomic E-state index is 11.4. The van der Waals surface area contributed by atoms with Gasteiger partial charge in [-0.3, -0.25) is 0 Å². The van der Waals surface area contributed by atoms with Crippen molar-refractivity contribution < 1.29 is 87.1 Å². The first-order chi connectivity index (χ1) is 12.3. The second-order valence-corrected chi connectivity index (χ2v) is 6.65. The third-order valence-electron chi connectivity index (χ3n) is 3.57. The normalized spacial score (nSPS) is 11.0. The standard InChI is InChI=1S/C17H12N2O6S.2Na/c20-15-7-6-12(9-14(15)17(21)22)19-18-11-5-4-10-2-1-3-16(13(10)8-11)26(23,24)25;;/h1-9,20H,(H,21,22)(H,23,24,25);;/q;2*+1/p-2. The Hall–Kier alpha value is -1.30. The molecule has 3 aromatic rings. The molecular formula is C17H10N2Na2O6S. The van der Waals surface area contributed by atoms with Gasteiger partial charge >= 0.3 is 65.1 Å². The molecule has 0 unspecified atom stereocenters. The van der Waals surface area contributed by atoms with Crippen LogP contribution in [-0.2, 0) is 10.1 Å². The number of hydrogen-bond acceptors (Lipinski definition) is 7. The first-order valence-corrected chi connectivity index (χ1v) is 8.61. The molecule has 0 bridgehead atoms. The summed E-state index contributed by atoms with van der Waals surface area (Å²) in [7, 11) is -4.66. The van der Waals surface area contributed by atoms with E-state index in [-0.39, 0.29) is 80.8 Å². The molecule has 0 amide bonds. The summed E-state index contributed by atoms with van der Waals surface area (Å²) in [5, 5.41) is 28.9. The number of nitrogens with zero attached hydrogens (tertiary/aromatic N) is 2. The van der Waals surface area contributed by atoms with Crippen molar-refractivity contribution in [3.63, 3.8) is 0 Å². The summed E-state index contributed by atoms with van der Waals surface area (Å²) in [6.45, 7) is 0. The van der Waals surface area contributed by atoms with Crippen LogP contribution in [-0.4, -0.2) is 24.0 Å². The fourth-order valence-electron chi connectivity index (χ4n) is 2.37. The van der Waals surface area contributed by atoms with E-state index in [9.17, 15) is 22.9 Å². The van der Waals surface area contributed by atoms with Gasteiger partial charge in [0.2, 0.25) is 0 Å². The van der Waals surface area contributed by atoms with Crippen LogP contribution in [0.2, 0.25) is 0 Å². The molecule has 0 aliphatic rings. The number of benzene rings is 3. The molecule has 1 N–H and O–H groups in total. The first kappa shape index (κ1) is 24.7. The molecule has 28 heavy (non-hydrogen) atoms. The van der Waals surface area contributed by atoms with Crippen molar-refractivity contribution in [3.8, 4) is 5.75 Å². The monoisotopic (exact) mass is 416 g/mol. The van der Waals surface area contributed by atoms with Gasteiger partial charge < -0.3 is 14.8 Å². The van der Waals surface area contributed by atoms with Crippen molar-refractivity contribution in [3.05, 3.63) is 60.2 Å². The molecule has 0 fully saturated rings. The molecule has 132 valence electrons. The van der Waals surface area contributed by atoms with Gasteiger partial charge in [-0.15, -0.1) is 0 Å². The molecule has 3 aromatic carbocycles. The van der Waals surface area contributed by atoms with E-state index >= 15 is 0 Å². The molecule has 11 heteroatoms. The van der Waals surface area contributed by atoms with Gasteiger partial charge in [-0.2, -0.15) is 10.2 Å². The van der Waals surface area contributed by atoms with Gasteiger partial charge in [0.15, 0.2) is 0 Å². The molecule has 0 atom stereocenters. The number of hydrogen-bond donors (Lipinski definition) is 1.